The topological polar surface area (TPSA) is 82.1 Å². The summed E-state index contributed by atoms with van der Waals surface area (Å²) in [6, 6.07) is 6.12. The van der Waals surface area contributed by atoms with Gasteiger partial charge in [0.1, 0.15) is 9.92 Å². The first-order valence-corrected chi connectivity index (χ1v) is 9.11. The third-order valence-corrected chi connectivity index (χ3v) is 5.08. The SMILES string of the molecule is CCCN(C)C(=O)Nc1ccc(C(=O)N=S(C)(=O)N(C)C)cc1. The second-order valence-corrected chi connectivity index (χ2v) is 7.84. The predicted molar refractivity (Wildman–Crippen MR) is 92.9 cm³/mol. The molecule has 0 spiro atoms. The first-order chi connectivity index (χ1) is 10.7. The Bertz CT molecular complexity index is 676. The molecule has 3 amide bonds. The average Bonchev–Trinajstić information content (AvgIpc) is 2.47. The summed E-state index contributed by atoms with van der Waals surface area (Å²) in [7, 11) is 2.21. The van der Waals surface area contributed by atoms with Gasteiger partial charge < -0.3 is 10.2 Å². The van der Waals surface area contributed by atoms with Gasteiger partial charge >= 0.3 is 6.03 Å². The number of nitrogens with zero attached hydrogens (tertiary/aromatic N) is 3. The van der Waals surface area contributed by atoms with Gasteiger partial charge in [-0.3, -0.25) is 4.79 Å². The number of nitrogens with one attached hydrogen (secondary N) is 1. The maximum absolute atomic E-state index is 12.1. The van der Waals surface area contributed by atoms with E-state index in [1.54, 1.807) is 50.3 Å². The molecule has 0 bridgehead atoms. The molecule has 1 aromatic carbocycles. The Morgan fingerprint density at radius 2 is 1.74 bits per heavy atom. The normalized spacial score (nSPS) is 13.3. The van der Waals surface area contributed by atoms with E-state index in [4.69, 9.17) is 0 Å². The number of anilines is 1. The largest absolute Gasteiger partial charge is 0.328 e. The molecule has 128 valence electrons. The van der Waals surface area contributed by atoms with Gasteiger partial charge in [-0.25, -0.2) is 13.3 Å². The minimum atomic E-state index is -2.71. The highest BCUT2D eigenvalue weighted by Crippen LogP contribution is 2.12. The average molecular weight is 340 g/mol. The Morgan fingerprint density at radius 1 is 1.17 bits per heavy atom. The van der Waals surface area contributed by atoms with Crippen molar-refractivity contribution in [3.05, 3.63) is 29.8 Å². The molecule has 0 radical (unpaired) electrons. The summed E-state index contributed by atoms with van der Waals surface area (Å²) in [6.45, 7) is 2.66. The third kappa shape index (κ3) is 5.65. The van der Waals surface area contributed by atoms with Crippen LogP contribution in [0.2, 0.25) is 0 Å². The molecule has 1 aromatic rings. The Morgan fingerprint density at radius 3 is 2.22 bits per heavy atom. The summed E-state index contributed by atoms with van der Waals surface area (Å²) in [4.78, 5) is 25.5. The fourth-order valence-electron chi connectivity index (χ4n) is 1.64. The highest BCUT2D eigenvalue weighted by atomic mass is 32.2. The van der Waals surface area contributed by atoms with Crippen LogP contribution in [-0.4, -0.2) is 59.3 Å². The highest BCUT2D eigenvalue weighted by Gasteiger charge is 2.12. The van der Waals surface area contributed by atoms with E-state index in [9.17, 15) is 13.8 Å². The van der Waals surface area contributed by atoms with Gasteiger partial charge in [0.15, 0.2) is 0 Å². The van der Waals surface area contributed by atoms with Crippen LogP contribution in [0.4, 0.5) is 10.5 Å². The minimum Gasteiger partial charge on any atom is -0.328 e. The molecule has 1 rings (SSSR count). The third-order valence-electron chi connectivity index (χ3n) is 3.22. The quantitative estimate of drug-likeness (QED) is 0.892. The first-order valence-electron chi connectivity index (χ1n) is 7.23. The number of carbonyl (C=O) groups excluding carboxylic acids is 2. The molecule has 0 aliphatic heterocycles. The van der Waals surface area contributed by atoms with Crippen LogP contribution in [-0.2, 0) is 9.92 Å². The van der Waals surface area contributed by atoms with Crippen LogP contribution in [0.3, 0.4) is 0 Å². The number of benzene rings is 1. The van der Waals surface area contributed by atoms with Crippen LogP contribution < -0.4 is 5.32 Å². The Hall–Kier alpha value is -1.93. The van der Waals surface area contributed by atoms with Gasteiger partial charge in [-0.2, -0.15) is 0 Å². The highest BCUT2D eigenvalue weighted by molar-refractivity contribution is 7.90. The Balaban J connectivity index is 2.83. The summed E-state index contributed by atoms with van der Waals surface area (Å²) < 4.78 is 17.2. The van der Waals surface area contributed by atoms with Crippen molar-refractivity contribution in [2.45, 2.75) is 13.3 Å². The molecule has 0 aliphatic rings. The van der Waals surface area contributed by atoms with Crippen molar-refractivity contribution in [1.29, 1.82) is 0 Å². The van der Waals surface area contributed by atoms with E-state index in [0.29, 0.717) is 17.8 Å². The lowest BCUT2D eigenvalue weighted by molar-refractivity contribution is 0.100. The smallest absolute Gasteiger partial charge is 0.321 e. The van der Waals surface area contributed by atoms with Crippen LogP contribution in [0, 0.1) is 0 Å². The van der Waals surface area contributed by atoms with Crippen LogP contribution >= 0.6 is 0 Å². The number of hydrogen-bond donors (Lipinski definition) is 1. The molecule has 1 N–H and O–H groups in total. The van der Waals surface area contributed by atoms with E-state index < -0.39 is 15.8 Å². The van der Waals surface area contributed by atoms with E-state index in [1.165, 1.54) is 10.6 Å². The Kier molecular flexibility index (Phi) is 6.71. The molecule has 0 saturated carbocycles. The number of hydrogen-bond acceptors (Lipinski definition) is 3. The first kappa shape index (κ1) is 19.1. The number of urea groups is 1. The zero-order chi connectivity index (χ0) is 17.6. The lowest BCUT2D eigenvalue weighted by Crippen LogP contribution is -2.31. The zero-order valence-electron chi connectivity index (χ0n) is 14.2. The van der Waals surface area contributed by atoms with E-state index in [1.807, 2.05) is 6.92 Å². The molecule has 0 heterocycles. The molecule has 0 aliphatic carbocycles. The number of amides is 3. The molecule has 0 aromatic heterocycles. The van der Waals surface area contributed by atoms with Crippen molar-refractivity contribution in [1.82, 2.24) is 9.21 Å². The molecule has 1 atom stereocenters. The van der Waals surface area contributed by atoms with Gasteiger partial charge in [-0.15, -0.1) is 4.36 Å². The maximum atomic E-state index is 12.1. The molecule has 23 heavy (non-hydrogen) atoms. The molecule has 0 fully saturated rings. The van der Waals surface area contributed by atoms with Crippen molar-refractivity contribution in [2.24, 2.45) is 4.36 Å². The van der Waals surface area contributed by atoms with Crippen molar-refractivity contribution < 1.29 is 13.8 Å². The van der Waals surface area contributed by atoms with Crippen molar-refractivity contribution in [3.8, 4) is 0 Å². The van der Waals surface area contributed by atoms with Crippen LogP contribution in [0.25, 0.3) is 0 Å². The molecule has 8 heteroatoms. The van der Waals surface area contributed by atoms with E-state index in [0.717, 1.165) is 6.42 Å². The van der Waals surface area contributed by atoms with E-state index in [-0.39, 0.29) is 6.03 Å². The van der Waals surface area contributed by atoms with Gasteiger partial charge in [-0.1, -0.05) is 6.92 Å². The van der Waals surface area contributed by atoms with Gasteiger partial charge in [0.2, 0.25) is 0 Å². The summed E-state index contributed by atoms with van der Waals surface area (Å²) in [6.07, 6.45) is 2.28. The summed E-state index contributed by atoms with van der Waals surface area (Å²) in [5, 5.41) is 2.74. The van der Waals surface area contributed by atoms with E-state index in [2.05, 4.69) is 9.68 Å². The number of carbonyl (C=O) groups is 2. The van der Waals surface area contributed by atoms with Gasteiger partial charge in [0, 0.05) is 45.2 Å². The summed E-state index contributed by atoms with van der Waals surface area (Å²) in [5.74, 6) is -0.549. The van der Waals surface area contributed by atoms with Crippen LogP contribution in [0.15, 0.2) is 28.6 Å². The van der Waals surface area contributed by atoms with Crippen LogP contribution in [0.5, 0.6) is 0 Å². The lowest BCUT2D eigenvalue weighted by Gasteiger charge is -2.17. The second-order valence-electron chi connectivity index (χ2n) is 5.40. The van der Waals surface area contributed by atoms with Gasteiger partial charge in [0.05, 0.1) is 0 Å². The van der Waals surface area contributed by atoms with Crippen molar-refractivity contribution >= 4 is 27.5 Å². The number of rotatable bonds is 5. The molecule has 0 saturated heterocycles. The fraction of sp³-hybridized carbons (Fsp3) is 0.467. The minimum absolute atomic E-state index is 0.209. The van der Waals surface area contributed by atoms with Crippen molar-refractivity contribution in [2.75, 3.05) is 39.3 Å². The second kappa shape index (κ2) is 8.07. The lowest BCUT2D eigenvalue weighted by atomic mass is 10.2. The maximum Gasteiger partial charge on any atom is 0.321 e. The Labute approximate surface area is 138 Å². The van der Waals surface area contributed by atoms with Gasteiger partial charge in [-0.05, 0) is 30.7 Å². The monoisotopic (exact) mass is 340 g/mol. The standard InChI is InChI=1S/C15H24N4O3S/c1-6-11-19(4)15(21)16-13-9-7-12(8-10-13)14(20)17-23(5,22)18(2)3/h7-10H,6,11H2,1-5H3,(H,16,21). The van der Waals surface area contributed by atoms with E-state index >= 15 is 0 Å². The van der Waals surface area contributed by atoms with Gasteiger partial charge in [0.25, 0.3) is 5.91 Å². The molecular formula is C15H24N4O3S. The molecule has 1 unspecified atom stereocenters. The summed E-state index contributed by atoms with van der Waals surface area (Å²) in [5.41, 5.74) is 0.903. The molecule has 7 nitrogen and oxygen atoms in total. The molecular weight excluding hydrogens is 316 g/mol. The van der Waals surface area contributed by atoms with Crippen molar-refractivity contribution in [3.63, 3.8) is 0 Å². The van der Waals surface area contributed by atoms with Crippen LogP contribution in [0.1, 0.15) is 23.7 Å². The predicted octanol–water partition coefficient (Wildman–Crippen LogP) is 2.27. The fourth-order valence-corrected chi connectivity index (χ4v) is 2.22. The zero-order valence-corrected chi connectivity index (χ0v) is 15.0. The summed E-state index contributed by atoms with van der Waals surface area (Å²) >= 11 is 0.